The first-order valence-electron chi connectivity index (χ1n) is 7.16. The van der Waals surface area contributed by atoms with Gasteiger partial charge in [0.2, 0.25) is 0 Å². The average molecular weight is 374 g/mol. The third kappa shape index (κ3) is 3.36. The standard InChI is InChI=1S/C17H16BrN3S/c1-2-16-17(22-20-19-16)21(12-13-6-4-3-5-7-13)15-10-8-14(18)9-11-15/h3-11H,2,12H2,1H3. The molecule has 0 aliphatic heterocycles. The molecule has 0 N–H and O–H groups in total. The second kappa shape index (κ2) is 7.03. The van der Waals surface area contributed by atoms with Crippen LogP contribution in [0, 0.1) is 0 Å². The molecule has 0 saturated carbocycles. The van der Waals surface area contributed by atoms with Gasteiger partial charge in [-0.25, -0.2) is 0 Å². The third-order valence-electron chi connectivity index (χ3n) is 3.44. The van der Waals surface area contributed by atoms with E-state index in [1.54, 1.807) is 0 Å². The molecular weight excluding hydrogens is 358 g/mol. The number of hydrogen-bond acceptors (Lipinski definition) is 4. The molecule has 3 nitrogen and oxygen atoms in total. The number of benzene rings is 2. The topological polar surface area (TPSA) is 29.0 Å². The van der Waals surface area contributed by atoms with Crippen LogP contribution in [0.4, 0.5) is 10.7 Å². The van der Waals surface area contributed by atoms with E-state index in [1.165, 1.54) is 17.1 Å². The van der Waals surface area contributed by atoms with E-state index in [1.807, 2.05) is 6.07 Å². The minimum absolute atomic E-state index is 0.805. The van der Waals surface area contributed by atoms with Crippen LogP contribution in [0.15, 0.2) is 59.1 Å². The zero-order valence-electron chi connectivity index (χ0n) is 12.2. The van der Waals surface area contributed by atoms with Crippen molar-refractivity contribution >= 4 is 38.2 Å². The first-order valence-corrected chi connectivity index (χ1v) is 8.73. The molecule has 0 radical (unpaired) electrons. The summed E-state index contributed by atoms with van der Waals surface area (Å²) in [6.45, 7) is 2.92. The molecule has 0 amide bonds. The average Bonchev–Trinajstić information content (AvgIpc) is 3.03. The first-order chi connectivity index (χ1) is 10.8. The van der Waals surface area contributed by atoms with Gasteiger partial charge in [-0.05, 0) is 36.2 Å². The largest absolute Gasteiger partial charge is 0.326 e. The predicted octanol–water partition coefficient (Wildman–Crippen LogP) is 5.20. The molecule has 0 unspecified atom stereocenters. The van der Waals surface area contributed by atoms with Gasteiger partial charge in [0.15, 0.2) is 0 Å². The Morgan fingerprint density at radius 3 is 2.45 bits per heavy atom. The molecule has 5 heteroatoms. The van der Waals surface area contributed by atoms with Crippen molar-refractivity contribution in [1.29, 1.82) is 0 Å². The van der Waals surface area contributed by atoms with Crippen molar-refractivity contribution < 1.29 is 0 Å². The minimum Gasteiger partial charge on any atom is -0.326 e. The van der Waals surface area contributed by atoms with Crippen LogP contribution in [0.25, 0.3) is 0 Å². The summed E-state index contributed by atoms with van der Waals surface area (Å²) in [7, 11) is 0. The molecule has 0 saturated heterocycles. The van der Waals surface area contributed by atoms with Crippen molar-refractivity contribution in [2.45, 2.75) is 19.9 Å². The van der Waals surface area contributed by atoms with Crippen molar-refractivity contribution in [1.82, 2.24) is 9.59 Å². The molecule has 0 aliphatic carbocycles. The normalized spacial score (nSPS) is 10.6. The van der Waals surface area contributed by atoms with E-state index in [2.05, 4.69) is 85.9 Å². The highest BCUT2D eigenvalue weighted by Crippen LogP contribution is 2.33. The second-order valence-corrected chi connectivity index (χ2v) is 6.57. The van der Waals surface area contributed by atoms with Crippen LogP contribution in [-0.2, 0) is 13.0 Å². The second-order valence-electron chi connectivity index (χ2n) is 4.93. The molecule has 1 aromatic heterocycles. The molecule has 0 atom stereocenters. The highest BCUT2D eigenvalue weighted by atomic mass is 79.9. The monoisotopic (exact) mass is 373 g/mol. The fourth-order valence-electron chi connectivity index (χ4n) is 2.30. The lowest BCUT2D eigenvalue weighted by molar-refractivity contribution is 0.938. The molecule has 112 valence electrons. The van der Waals surface area contributed by atoms with Crippen LogP contribution in [0.3, 0.4) is 0 Å². The summed E-state index contributed by atoms with van der Waals surface area (Å²) in [5.74, 6) is 0. The maximum atomic E-state index is 4.26. The van der Waals surface area contributed by atoms with Crippen molar-refractivity contribution in [2.75, 3.05) is 4.90 Å². The molecule has 2 aromatic carbocycles. The summed E-state index contributed by atoms with van der Waals surface area (Å²) in [6, 6.07) is 18.8. The van der Waals surface area contributed by atoms with Gasteiger partial charge in [0.05, 0.1) is 5.69 Å². The Morgan fingerprint density at radius 2 is 1.77 bits per heavy atom. The molecule has 3 aromatic rings. The fraction of sp³-hybridized carbons (Fsp3) is 0.176. The summed E-state index contributed by atoms with van der Waals surface area (Å²) in [4.78, 5) is 2.28. The van der Waals surface area contributed by atoms with Gasteiger partial charge < -0.3 is 4.90 Å². The van der Waals surface area contributed by atoms with Crippen LogP contribution < -0.4 is 4.90 Å². The number of hydrogen-bond donors (Lipinski definition) is 0. The zero-order chi connectivity index (χ0) is 15.4. The van der Waals surface area contributed by atoms with Gasteiger partial charge in [-0.15, -0.1) is 5.10 Å². The Bertz CT molecular complexity index is 725. The quantitative estimate of drug-likeness (QED) is 0.615. The number of aryl methyl sites for hydroxylation is 1. The van der Waals surface area contributed by atoms with E-state index in [4.69, 9.17) is 0 Å². The summed E-state index contributed by atoms with van der Waals surface area (Å²) >= 11 is 4.95. The van der Waals surface area contributed by atoms with Crippen molar-refractivity contribution in [3.8, 4) is 0 Å². The van der Waals surface area contributed by atoms with Gasteiger partial charge in [0, 0.05) is 28.2 Å². The molecule has 3 rings (SSSR count). The van der Waals surface area contributed by atoms with Crippen LogP contribution in [0.5, 0.6) is 0 Å². The molecule has 0 fully saturated rings. The van der Waals surface area contributed by atoms with Gasteiger partial charge >= 0.3 is 0 Å². The van der Waals surface area contributed by atoms with E-state index < -0.39 is 0 Å². The van der Waals surface area contributed by atoms with E-state index in [9.17, 15) is 0 Å². The molecule has 0 aliphatic rings. The Labute approximate surface area is 142 Å². The molecule has 0 bridgehead atoms. The van der Waals surface area contributed by atoms with E-state index in [0.29, 0.717) is 0 Å². The minimum atomic E-state index is 0.805. The fourth-order valence-corrected chi connectivity index (χ4v) is 3.34. The SMILES string of the molecule is CCc1nnsc1N(Cc1ccccc1)c1ccc(Br)cc1. The lowest BCUT2D eigenvalue weighted by Gasteiger charge is -2.23. The Morgan fingerprint density at radius 1 is 1.05 bits per heavy atom. The third-order valence-corrected chi connectivity index (χ3v) is 4.76. The lowest BCUT2D eigenvalue weighted by atomic mass is 10.2. The van der Waals surface area contributed by atoms with Crippen LogP contribution in [0.2, 0.25) is 0 Å². The number of anilines is 2. The van der Waals surface area contributed by atoms with Crippen LogP contribution in [-0.4, -0.2) is 9.59 Å². The van der Waals surface area contributed by atoms with Gasteiger partial charge in [0.25, 0.3) is 0 Å². The Kier molecular flexibility index (Phi) is 4.85. The predicted molar refractivity (Wildman–Crippen MR) is 95.7 cm³/mol. The Hall–Kier alpha value is -1.72. The van der Waals surface area contributed by atoms with Crippen molar-refractivity contribution in [3.05, 3.63) is 70.3 Å². The maximum absolute atomic E-state index is 4.26. The Balaban J connectivity index is 2.00. The highest BCUT2D eigenvalue weighted by Gasteiger charge is 2.17. The summed E-state index contributed by atoms with van der Waals surface area (Å²) in [5, 5.41) is 5.38. The summed E-state index contributed by atoms with van der Waals surface area (Å²) < 4.78 is 5.22. The van der Waals surface area contributed by atoms with Crippen molar-refractivity contribution in [2.24, 2.45) is 0 Å². The lowest BCUT2D eigenvalue weighted by Crippen LogP contribution is -2.16. The van der Waals surface area contributed by atoms with Gasteiger partial charge in [-0.2, -0.15) is 0 Å². The number of nitrogens with zero attached hydrogens (tertiary/aromatic N) is 3. The molecule has 22 heavy (non-hydrogen) atoms. The number of halogens is 1. The van der Waals surface area contributed by atoms with Crippen LogP contribution >= 0.6 is 27.5 Å². The number of aromatic nitrogens is 2. The summed E-state index contributed by atoms with van der Waals surface area (Å²) in [5.41, 5.74) is 3.46. The number of rotatable bonds is 5. The zero-order valence-corrected chi connectivity index (χ0v) is 14.6. The molecule has 1 heterocycles. The highest BCUT2D eigenvalue weighted by molar-refractivity contribution is 9.10. The summed E-state index contributed by atoms with van der Waals surface area (Å²) in [6.07, 6.45) is 0.883. The van der Waals surface area contributed by atoms with Gasteiger partial charge in [0.1, 0.15) is 5.00 Å². The van der Waals surface area contributed by atoms with Gasteiger partial charge in [-0.3, -0.25) is 0 Å². The smallest absolute Gasteiger partial charge is 0.140 e. The molecular formula is C17H16BrN3S. The van der Waals surface area contributed by atoms with Crippen molar-refractivity contribution in [3.63, 3.8) is 0 Å². The van der Waals surface area contributed by atoms with Gasteiger partial charge in [-0.1, -0.05) is 57.7 Å². The van der Waals surface area contributed by atoms with E-state index >= 15 is 0 Å². The first kappa shape index (κ1) is 15.2. The van der Waals surface area contributed by atoms with E-state index in [0.717, 1.165) is 33.8 Å². The molecule has 0 spiro atoms. The van der Waals surface area contributed by atoms with E-state index in [-0.39, 0.29) is 0 Å². The maximum Gasteiger partial charge on any atom is 0.140 e. The van der Waals surface area contributed by atoms with Crippen LogP contribution in [0.1, 0.15) is 18.2 Å².